The maximum atomic E-state index is 13.4. The van der Waals surface area contributed by atoms with Crippen molar-refractivity contribution in [3.8, 4) is 11.4 Å². The molecule has 0 spiro atoms. The van der Waals surface area contributed by atoms with E-state index in [2.05, 4.69) is 0 Å². The topological polar surface area (TPSA) is 56.5 Å². The van der Waals surface area contributed by atoms with Gasteiger partial charge in [-0.2, -0.15) is 0 Å². The van der Waals surface area contributed by atoms with E-state index >= 15 is 0 Å². The highest BCUT2D eigenvalue weighted by Crippen LogP contribution is 2.52. The molecule has 0 unspecified atom stereocenters. The molecule has 1 aromatic heterocycles. The Morgan fingerprint density at radius 2 is 1.67 bits per heavy atom. The molecule has 1 fully saturated rings. The third-order valence-corrected chi connectivity index (χ3v) is 6.11. The number of hydrogen-bond acceptors (Lipinski definition) is 3. The highest BCUT2D eigenvalue weighted by atomic mass is 35.5. The summed E-state index contributed by atoms with van der Waals surface area (Å²) in [6.07, 6.45) is 0. The quantitative estimate of drug-likeness (QED) is 0.437. The van der Waals surface area contributed by atoms with Crippen LogP contribution in [0.4, 0.5) is 5.69 Å². The largest absolute Gasteiger partial charge is 0.494 e. The number of carbonyl (C=O) groups excluding carboxylic acids is 1. The summed E-state index contributed by atoms with van der Waals surface area (Å²) in [4.78, 5) is 27.6. The van der Waals surface area contributed by atoms with Gasteiger partial charge in [-0.25, -0.2) is 4.68 Å². The van der Waals surface area contributed by atoms with Crippen LogP contribution in [0.1, 0.15) is 24.2 Å². The first kappa shape index (κ1) is 20.6. The van der Waals surface area contributed by atoms with E-state index in [1.807, 2.05) is 49.4 Å². The summed E-state index contributed by atoms with van der Waals surface area (Å²) in [6.45, 7) is 4.24. The Hall–Kier alpha value is -2.70. The molecule has 0 bridgehead atoms. The van der Waals surface area contributed by atoms with Crippen LogP contribution in [0.5, 0.6) is 5.75 Å². The number of ether oxygens (including phenoxy) is 1. The first-order valence-corrected chi connectivity index (χ1v) is 10.3. The minimum Gasteiger partial charge on any atom is -0.494 e. The molecule has 0 radical (unpaired) electrons. The Balaban J connectivity index is 1.81. The summed E-state index contributed by atoms with van der Waals surface area (Å²) in [5.74, 6) is 0.186. The fourth-order valence-corrected chi connectivity index (χ4v) is 4.45. The van der Waals surface area contributed by atoms with Gasteiger partial charge in [0.15, 0.2) is 0 Å². The number of para-hydroxylation sites is 1. The molecule has 4 rings (SSSR count). The molecule has 156 valence electrons. The molecule has 2 aromatic carbocycles. The van der Waals surface area contributed by atoms with Crippen molar-refractivity contribution in [1.82, 2.24) is 9.36 Å². The molecule has 0 saturated carbocycles. The maximum Gasteiger partial charge on any atom is 0.295 e. The summed E-state index contributed by atoms with van der Waals surface area (Å²) in [6, 6.07) is 15.8. The smallest absolute Gasteiger partial charge is 0.295 e. The number of carbonyl (C=O) groups is 1. The van der Waals surface area contributed by atoms with Gasteiger partial charge in [0, 0.05) is 7.05 Å². The van der Waals surface area contributed by atoms with Crippen molar-refractivity contribution in [3.63, 3.8) is 0 Å². The molecule has 1 amide bonds. The average molecular weight is 446 g/mol. The van der Waals surface area contributed by atoms with E-state index in [1.54, 1.807) is 30.8 Å². The second-order valence-corrected chi connectivity index (χ2v) is 8.50. The van der Waals surface area contributed by atoms with Crippen molar-refractivity contribution in [2.24, 2.45) is 7.05 Å². The van der Waals surface area contributed by atoms with E-state index in [0.717, 1.165) is 5.56 Å². The third kappa shape index (κ3) is 3.02. The number of nitrogens with zero attached hydrogens (tertiary/aromatic N) is 3. The number of aromatic nitrogens is 2. The normalized spacial score (nSPS) is 17.7. The van der Waals surface area contributed by atoms with Crippen LogP contribution in [0.3, 0.4) is 0 Å². The Morgan fingerprint density at radius 3 is 2.27 bits per heavy atom. The van der Waals surface area contributed by atoms with Gasteiger partial charge in [0.1, 0.15) is 17.5 Å². The van der Waals surface area contributed by atoms with E-state index in [1.165, 1.54) is 9.58 Å². The van der Waals surface area contributed by atoms with E-state index in [4.69, 9.17) is 27.9 Å². The lowest BCUT2D eigenvalue weighted by molar-refractivity contribution is -0.125. The van der Waals surface area contributed by atoms with Crippen LogP contribution in [-0.4, -0.2) is 26.2 Å². The van der Waals surface area contributed by atoms with Gasteiger partial charge in [-0.05, 0) is 43.7 Å². The van der Waals surface area contributed by atoms with Crippen LogP contribution in [0.2, 0.25) is 0 Å². The molecule has 1 saturated heterocycles. The number of rotatable bonds is 5. The molecule has 30 heavy (non-hydrogen) atoms. The lowest BCUT2D eigenvalue weighted by Crippen LogP contribution is -2.64. The zero-order valence-corrected chi connectivity index (χ0v) is 18.3. The van der Waals surface area contributed by atoms with E-state index in [-0.39, 0.29) is 11.2 Å². The standard InChI is InChI=1S/C22H21Cl2N3O3/c1-4-30-17-12-10-15(11-13-17)19-22(23,24)21(29)26(19)18-14(2)25(3)27(20(18)28)16-8-6-5-7-9-16/h5-13,19H,4H2,1-3H3/t19-/m1/s1. The SMILES string of the molecule is CCOc1ccc([C@H]2N(c3c(C)n(C)n(-c4ccccc4)c3=O)C(=O)C2(Cl)Cl)cc1. The van der Waals surface area contributed by atoms with Crippen molar-refractivity contribution in [1.29, 1.82) is 0 Å². The highest BCUT2D eigenvalue weighted by molar-refractivity contribution is 6.62. The molecule has 2 heterocycles. The van der Waals surface area contributed by atoms with E-state index < -0.39 is 16.3 Å². The van der Waals surface area contributed by atoms with E-state index in [9.17, 15) is 9.59 Å². The third-order valence-electron chi connectivity index (χ3n) is 5.38. The molecule has 0 N–H and O–H groups in total. The molecular formula is C22H21Cl2N3O3. The van der Waals surface area contributed by atoms with Gasteiger partial charge in [-0.1, -0.05) is 53.5 Å². The van der Waals surface area contributed by atoms with Crippen molar-refractivity contribution >= 4 is 34.8 Å². The van der Waals surface area contributed by atoms with Gasteiger partial charge in [-0.15, -0.1) is 0 Å². The Labute approximate surface area is 184 Å². The van der Waals surface area contributed by atoms with Gasteiger partial charge in [0.05, 0.1) is 18.0 Å². The minimum atomic E-state index is -1.65. The van der Waals surface area contributed by atoms with Gasteiger partial charge >= 0.3 is 0 Å². The highest BCUT2D eigenvalue weighted by Gasteiger charge is 2.61. The molecule has 1 aliphatic rings. The minimum absolute atomic E-state index is 0.266. The van der Waals surface area contributed by atoms with Crippen LogP contribution < -0.4 is 15.2 Å². The number of alkyl halides is 2. The molecule has 1 atom stereocenters. The number of β-lactam (4-membered cyclic amide) rings is 1. The Morgan fingerprint density at radius 1 is 1.03 bits per heavy atom. The van der Waals surface area contributed by atoms with Gasteiger partial charge < -0.3 is 4.74 Å². The molecule has 3 aromatic rings. The summed E-state index contributed by atoms with van der Waals surface area (Å²) < 4.78 is 7.07. The number of amides is 1. The maximum absolute atomic E-state index is 13.4. The van der Waals surface area contributed by atoms with Gasteiger partial charge in [0.2, 0.25) is 4.33 Å². The van der Waals surface area contributed by atoms with Crippen LogP contribution in [0.15, 0.2) is 59.4 Å². The monoisotopic (exact) mass is 445 g/mol. The van der Waals surface area contributed by atoms with Crippen molar-refractivity contribution in [2.45, 2.75) is 24.2 Å². The zero-order chi connectivity index (χ0) is 21.6. The van der Waals surface area contributed by atoms with Crippen LogP contribution in [0, 0.1) is 6.92 Å². The second kappa shape index (κ2) is 7.52. The summed E-state index contributed by atoms with van der Waals surface area (Å²) in [5.41, 5.74) is 2.01. The first-order valence-electron chi connectivity index (χ1n) is 9.57. The van der Waals surface area contributed by atoms with Crippen LogP contribution >= 0.6 is 23.2 Å². The van der Waals surface area contributed by atoms with E-state index in [0.29, 0.717) is 23.7 Å². The summed E-state index contributed by atoms with van der Waals surface area (Å²) in [7, 11) is 1.78. The van der Waals surface area contributed by atoms with Crippen molar-refractivity contribution < 1.29 is 9.53 Å². The molecular weight excluding hydrogens is 425 g/mol. The van der Waals surface area contributed by atoms with Crippen LogP contribution in [0.25, 0.3) is 5.69 Å². The fraction of sp³-hybridized carbons (Fsp3) is 0.273. The lowest BCUT2D eigenvalue weighted by Gasteiger charge is -2.48. The lowest BCUT2D eigenvalue weighted by atomic mass is 9.91. The first-order chi connectivity index (χ1) is 14.3. The summed E-state index contributed by atoms with van der Waals surface area (Å²) >= 11 is 12.8. The number of halogens is 2. The molecule has 6 nitrogen and oxygen atoms in total. The Bertz CT molecular complexity index is 1150. The van der Waals surface area contributed by atoms with Crippen molar-refractivity contribution in [2.75, 3.05) is 11.5 Å². The van der Waals surface area contributed by atoms with Crippen LogP contribution in [-0.2, 0) is 11.8 Å². The Kier molecular flexibility index (Phi) is 5.16. The second-order valence-electron chi connectivity index (χ2n) is 7.11. The zero-order valence-electron chi connectivity index (χ0n) is 16.8. The predicted octanol–water partition coefficient (Wildman–Crippen LogP) is 4.14. The molecule has 8 heteroatoms. The fourth-order valence-electron chi connectivity index (χ4n) is 3.82. The summed E-state index contributed by atoms with van der Waals surface area (Å²) in [5, 5.41) is 0. The van der Waals surface area contributed by atoms with Gasteiger partial charge in [0.25, 0.3) is 11.5 Å². The predicted molar refractivity (Wildman–Crippen MR) is 118 cm³/mol. The van der Waals surface area contributed by atoms with Gasteiger partial charge in [-0.3, -0.25) is 19.2 Å². The van der Waals surface area contributed by atoms with Crippen molar-refractivity contribution in [3.05, 3.63) is 76.2 Å². The number of hydrogen-bond donors (Lipinski definition) is 0. The molecule has 1 aliphatic heterocycles. The average Bonchev–Trinajstić information content (AvgIpc) is 2.96. The number of anilines is 1. The number of benzene rings is 2. The molecule has 0 aliphatic carbocycles.